The third-order valence-corrected chi connectivity index (χ3v) is 1.93. The summed E-state index contributed by atoms with van der Waals surface area (Å²) in [5, 5.41) is 13.3. The van der Waals surface area contributed by atoms with Crippen molar-refractivity contribution < 1.29 is 0 Å². The van der Waals surface area contributed by atoms with Crippen LogP contribution in [0, 0.1) is 0 Å². The van der Waals surface area contributed by atoms with Crippen molar-refractivity contribution in [3.05, 3.63) is 23.0 Å². The summed E-state index contributed by atoms with van der Waals surface area (Å²) in [5.74, 6) is 0.573. The van der Waals surface area contributed by atoms with Crippen LogP contribution in [0.1, 0.15) is 10.7 Å². The molecule has 1 N–H and O–H groups in total. The number of tetrazole rings is 1. The van der Waals surface area contributed by atoms with E-state index in [4.69, 9.17) is 0 Å². The van der Waals surface area contributed by atoms with Gasteiger partial charge in [0.25, 0.3) is 0 Å². The third kappa shape index (κ3) is 1.54. The van der Waals surface area contributed by atoms with E-state index in [1.807, 2.05) is 12.1 Å². The molecule has 2 rings (SSSR count). The van der Waals surface area contributed by atoms with Gasteiger partial charge in [0.15, 0.2) is 5.82 Å². The minimum atomic E-state index is 0.573. The molecule has 0 bridgehead atoms. The molecule has 5 nitrogen and oxygen atoms in total. The lowest BCUT2D eigenvalue weighted by Crippen LogP contribution is -1.72. The van der Waals surface area contributed by atoms with Crippen molar-refractivity contribution in [3.8, 4) is 0 Å². The van der Waals surface area contributed by atoms with Gasteiger partial charge in [-0.1, -0.05) is 0 Å². The summed E-state index contributed by atoms with van der Waals surface area (Å²) in [4.78, 5) is 1.07. The molecule has 12 heavy (non-hydrogen) atoms. The number of hydrogen-bond acceptors (Lipinski definition) is 5. The van der Waals surface area contributed by atoms with Gasteiger partial charge >= 0.3 is 0 Å². The van der Waals surface area contributed by atoms with Crippen LogP contribution < -0.4 is 0 Å². The molecule has 0 unspecified atom stereocenters. The van der Waals surface area contributed by atoms with Gasteiger partial charge < -0.3 is 0 Å². The van der Waals surface area contributed by atoms with Gasteiger partial charge in [0.05, 0.1) is 0 Å². The summed E-state index contributed by atoms with van der Waals surface area (Å²) in [5.41, 5.74) is 0. The maximum atomic E-state index is 3.95. The molecule has 60 valence electrons. The number of H-pyrrole nitrogens is 1. The highest BCUT2D eigenvalue weighted by Crippen LogP contribution is 2.07. The minimum absolute atomic E-state index is 0.573. The monoisotopic (exact) mass is 179 g/mol. The molecule has 0 saturated heterocycles. The number of hydrogen-bond donors (Lipinski definition) is 1. The van der Waals surface area contributed by atoms with Crippen LogP contribution in [0.5, 0.6) is 0 Å². The Morgan fingerprint density at radius 3 is 3.08 bits per heavy atom. The zero-order chi connectivity index (χ0) is 8.23. The fraction of sp³-hybridized carbons (Fsp3) is 0. The van der Waals surface area contributed by atoms with E-state index in [1.165, 1.54) is 11.5 Å². The van der Waals surface area contributed by atoms with Crippen molar-refractivity contribution in [2.75, 3.05) is 0 Å². The van der Waals surface area contributed by atoms with Crippen LogP contribution in [0.2, 0.25) is 0 Å². The van der Waals surface area contributed by atoms with Crippen molar-refractivity contribution in [2.24, 2.45) is 0 Å². The lowest BCUT2D eigenvalue weighted by Gasteiger charge is -1.77. The minimum Gasteiger partial charge on any atom is -0.201 e. The van der Waals surface area contributed by atoms with Crippen LogP contribution >= 0.6 is 11.5 Å². The Kier molecular flexibility index (Phi) is 1.91. The van der Waals surface area contributed by atoms with Crippen molar-refractivity contribution in [2.45, 2.75) is 0 Å². The highest BCUT2D eigenvalue weighted by molar-refractivity contribution is 7.06. The summed E-state index contributed by atoms with van der Waals surface area (Å²) in [7, 11) is 0. The van der Waals surface area contributed by atoms with Gasteiger partial charge in [-0.3, -0.25) is 0 Å². The predicted molar refractivity (Wildman–Crippen MR) is 45.2 cm³/mol. The predicted octanol–water partition coefficient (Wildman–Crippen LogP) is 0.827. The Labute approximate surface area is 72.3 Å². The van der Waals surface area contributed by atoms with E-state index >= 15 is 0 Å². The molecule has 0 aliphatic carbocycles. The Hall–Kier alpha value is -1.56. The van der Waals surface area contributed by atoms with E-state index in [2.05, 4.69) is 25.0 Å². The molecular weight excluding hydrogens is 174 g/mol. The first-order valence-corrected chi connectivity index (χ1v) is 4.05. The van der Waals surface area contributed by atoms with Crippen LogP contribution in [-0.4, -0.2) is 25.0 Å². The van der Waals surface area contributed by atoms with Crippen LogP contribution in [0.25, 0.3) is 12.2 Å². The molecule has 2 heterocycles. The van der Waals surface area contributed by atoms with E-state index in [0.717, 1.165) is 4.88 Å². The molecule has 0 aliphatic heterocycles. The summed E-state index contributed by atoms with van der Waals surface area (Å²) in [6.45, 7) is 0. The molecule has 0 radical (unpaired) electrons. The van der Waals surface area contributed by atoms with Gasteiger partial charge in [0, 0.05) is 11.1 Å². The molecule has 0 fully saturated rings. The molecule has 0 saturated carbocycles. The Morgan fingerprint density at radius 2 is 2.42 bits per heavy atom. The average Bonchev–Trinajstić information content (AvgIpc) is 2.74. The fourth-order valence-corrected chi connectivity index (χ4v) is 1.20. The summed E-state index contributed by atoms with van der Waals surface area (Å²) in [6, 6.07) is 1.92. The molecular formula is C6H5N5S. The number of aromatic nitrogens is 5. The molecule has 0 aliphatic rings. The van der Waals surface area contributed by atoms with Gasteiger partial charge in [-0.25, -0.2) is 4.37 Å². The second-order valence-corrected chi connectivity index (χ2v) is 2.88. The maximum absolute atomic E-state index is 3.95. The molecule has 2 aromatic heterocycles. The number of nitrogens with one attached hydrogen (secondary N) is 1. The fourth-order valence-electron chi connectivity index (χ4n) is 0.708. The van der Waals surface area contributed by atoms with E-state index in [-0.39, 0.29) is 0 Å². The van der Waals surface area contributed by atoms with Gasteiger partial charge in [0.1, 0.15) is 0 Å². The van der Waals surface area contributed by atoms with Crippen molar-refractivity contribution in [1.82, 2.24) is 25.0 Å². The lowest BCUT2D eigenvalue weighted by molar-refractivity contribution is 0.881. The van der Waals surface area contributed by atoms with E-state index < -0.39 is 0 Å². The van der Waals surface area contributed by atoms with E-state index in [0.29, 0.717) is 5.82 Å². The second-order valence-electron chi connectivity index (χ2n) is 2.02. The molecule has 6 heteroatoms. The Bertz CT molecular complexity index is 313. The normalized spacial score (nSPS) is 11.0. The average molecular weight is 179 g/mol. The van der Waals surface area contributed by atoms with Gasteiger partial charge in [-0.15, -0.1) is 10.2 Å². The third-order valence-electron chi connectivity index (χ3n) is 1.22. The highest BCUT2D eigenvalue weighted by atomic mass is 32.1. The van der Waals surface area contributed by atoms with Crippen molar-refractivity contribution in [3.63, 3.8) is 0 Å². The van der Waals surface area contributed by atoms with E-state index in [9.17, 15) is 0 Å². The zero-order valence-electron chi connectivity index (χ0n) is 6.01. The SMILES string of the molecule is C(=Cc1ccns1)c1nn[nH]n1. The first-order chi connectivity index (χ1) is 5.95. The summed E-state index contributed by atoms with van der Waals surface area (Å²) in [6.07, 6.45) is 5.42. The first-order valence-electron chi connectivity index (χ1n) is 3.27. The lowest BCUT2D eigenvalue weighted by atomic mass is 10.4. The van der Waals surface area contributed by atoms with Crippen LogP contribution in [-0.2, 0) is 0 Å². The Balaban J connectivity index is 2.14. The second kappa shape index (κ2) is 3.22. The summed E-state index contributed by atoms with van der Waals surface area (Å²) >= 11 is 1.42. The van der Waals surface area contributed by atoms with Crippen LogP contribution in [0.3, 0.4) is 0 Å². The topological polar surface area (TPSA) is 67.3 Å². The smallest absolute Gasteiger partial charge is 0.197 e. The highest BCUT2D eigenvalue weighted by Gasteiger charge is 1.91. The quantitative estimate of drug-likeness (QED) is 0.741. The van der Waals surface area contributed by atoms with Crippen molar-refractivity contribution >= 4 is 23.7 Å². The summed E-state index contributed by atoms with van der Waals surface area (Å²) < 4.78 is 3.95. The van der Waals surface area contributed by atoms with Crippen LogP contribution in [0.4, 0.5) is 0 Å². The molecule has 0 aromatic carbocycles. The largest absolute Gasteiger partial charge is 0.201 e. The van der Waals surface area contributed by atoms with Crippen molar-refractivity contribution in [1.29, 1.82) is 0 Å². The standard InChI is InChI=1S/C6H5N5S/c1(5-3-4-7-12-5)2-6-8-10-11-9-6/h1-4H,(H,8,9,10,11). The zero-order valence-corrected chi connectivity index (χ0v) is 6.82. The Morgan fingerprint density at radius 1 is 1.42 bits per heavy atom. The molecule has 0 atom stereocenters. The molecule has 0 spiro atoms. The maximum Gasteiger partial charge on any atom is 0.197 e. The number of aromatic amines is 1. The van der Waals surface area contributed by atoms with Crippen LogP contribution in [0.15, 0.2) is 12.3 Å². The van der Waals surface area contributed by atoms with E-state index in [1.54, 1.807) is 12.3 Å². The number of nitrogens with zero attached hydrogens (tertiary/aromatic N) is 4. The number of rotatable bonds is 2. The first kappa shape index (κ1) is 7.11. The molecule has 0 amide bonds. The van der Waals surface area contributed by atoms with Gasteiger partial charge in [-0.05, 0) is 35.0 Å². The molecule has 2 aromatic rings. The van der Waals surface area contributed by atoms with Gasteiger partial charge in [0.2, 0.25) is 0 Å². The van der Waals surface area contributed by atoms with Gasteiger partial charge in [-0.2, -0.15) is 5.21 Å².